The van der Waals surface area contributed by atoms with Crippen LogP contribution in [-0.2, 0) is 13.0 Å². The normalized spacial score (nSPS) is 11.2. The van der Waals surface area contributed by atoms with Crippen LogP contribution in [0.25, 0.3) is 0 Å². The summed E-state index contributed by atoms with van der Waals surface area (Å²) in [6.45, 7) is 7.23. The minimum absolute atomic E-state index is 0.326. The summed E-state index contributed by atoms with van der Waals surface area (Å²) in [6, 6.07) is 1.96. The molecule has 4 nitrogen and oxygen atoms in total. The Bertz CT molecular complexity index is 534. The fourth-order valence-corrected chi connectivity index (χ4v) is 2.24. The van der Waals surface area contributed by atoms with E-state index in [0.29, 0.717) is 5.92 Å². The van der Waals surface area contributed by atoms with Crippen LogP contribution in [0.5, 0.6) is 0 Å². The first-order valence-electron chi connectivity index (χ1n) is 6.13. The van der Waals surface area contributed by atoms with Gasteiger partial charge in [0.1, 0.15) is 16.3 Å². The van der Waals surface area contributed by atoms with E-state index in [2.05, 4.69) is 56.2 Å². The van der Waals surface area contributed by atoms with Gasteiger partial charge in [0.2, 0.25) is 0 Å². The molecule has 0 fully saturated rings. The minimum atomic E-state index is 0.326. The van der Waals surface area contributed by atoms with Crippen molar-refractivity contribution in [3.05, 3.63) is 40.4 Å². The van der Waals surface area contributed by atoms with E-state index in [-0.39, 0.29) is 0 Å². The molecule has 0 aromatic carbocycles. The maximum absolute atomic E-state index is 4.59. The molecule has 0 spiro atoms. The summed E-state index contributed by atoms with van der Waals surface area (Å²) in [4.78, 5) is 13.3. The first kappa shape index (κ1) is 13.2. The zero-order valence-corrected chi connectivity index (χ0v) is 12.5. The lowest BCUT2D eigenvalue weighted by Crippen LogP contribution is -2.06. The third-order valence-electron chi connectivity index (χ3n) is 2.76. The monoisotopic (exact) mass is 308 g/mol. The van der Waals surface area contributed by atoms with Gasteiger partial charge < -0.3 is 4.57 Å². The van der Waals surface area contributed by atoms with Crippen LogP contribution < -0.4 is 0 Å². The molecule has 96 valence electrons. The van der Waals surface area contributed by atoms with Crippen LogP contribution in [0.1, 0.15) is 44.0 Å². The Labute approximate surface area is 116 Å². The van der Waals surface area contributed by atoms with Crippen LogP contribution in [0.4, 0.5) is 0 Å². The Morgan fingerprint density at radius 2 is 2.11 bits per heavy atom. The smallest absolute Gasteiger partial charge is 0.132 e. The van der Waals surface area contributed by atoms with E-state index >= 15 is 0 Å². The SMILES string of the molecule is CCn1ccnc1Cc1cc(Br)nc(C(C)C)n1. The lowest BCUT2D eigenvalue weighted by atomic mass is 10.2. The van der Waals surface area contributed by atoms with Gasteiger partial charge in [-0.2, -0.15) is 0 Å². The molecule has 0 amide bonds. The van der Waals surface area contributed by atoms with Crippen LogP contribution in [0.15, 0.2) is 23.1 Å². The van der Waals surface area contributed by atoms with Crippen molar-refractivity contribution in [2.24, 2.45) is 0 Å². The van der Waals surface area contributed by atoms with E-state index in [9.17, 15) is 0 Å². The summed E-state index contributed by atoms with van der Waals surface area (Å²) < 4.78 is 2.97. The van der Waals surface area contributed by atoms with Gasteiger partial charge in [-0.15, -0.1) is 0 Å². The quantitative estimate of drug-likeness (QED) is 0.815. The Kier molecular flexibility index (Phi) is 4.11. The highest BCUT2D eigenvalue weighted by Crippen LogP contribution is 2.16. The van der Waals surface area contributed by atoms with Gasteiger partial charge >= 0.3 is 0 Å². The van der Waals surface area contributed by atoms with Crippen molar-refractivity contribution < 1.29 is 0 Å². The third-order valence-corrected chi connectivity index (χ3v) is 3.17. The van der Waals surface area contributed by atoms with Crippen molar-refractivity contribution in [3.8, 4) is 0 Å². The van der Waals surface area contributed by atoms with Crippen molar-refractivity contribution in [1.82, 2.24) is 19.5 Å². The Morgan fingerprint density at radius 3 is 2.78 bits per heavy atom. The molecular formula is C13H17BrN4. The number of halogens is 1. The van der Waals surface area contributed by atoms with Gasteiger partial charge in [-0.05, 0) is 28.9 Å². The number of rotatable bonds is 4. The second-order valence-electron chi connectivity index (χ2n) is 4.50. The van der Waals surface area contributed by atoms with E-state index in [0.717, 1.165) is 34.9 Å². The zero-order valence-electron chi connectivity index (χ0n) is 10.9. The molecule has 0 radical (unpaired) electrons. The second-order valence-corrected chi connectivity index (χ2v) is 5.31. The van der Waals surface area contributed by atoms with E-state index < -0.39 is 0 Å². The van der Waals surface area contributed by atoms with E-state index in [4.69, 9.17) is 0 Å². The van der Waals surface area contributed by atoms with Gasteiger partial charge in [0.05, 0.1) is 5.69 Å². The summed E-state index contributed by atoms with van der Waals surface area (Å²) in [5, 5.41) is 0. The molecule has 0 aliphatic rings. The van der Waals surface area contributed by atoms with Crippen molar-refractivity contribution in [2.75, 3.05) is 0 Å². The van der Waals surface area contributed by atoms with E-state index in [1.165, 1.54) is 0 Å². The first-order chi connectivity index (χ1) is 8.60. The average Bonchev–Trinajstić information content (AvgIpc) is 2.75. The Hall–Kier alpha value is -1.23. The standard InChI is InChI=1S/C13H17BrN4/c1-4-18-6-5-15-12(18)8-10-7-11(14)17-13(16-10)9(2)3/h5-7,9H,4,8H2,1-3H3. The fraction of sp³-hybridized carbons (Fsp3) is 0.462. The summed E-state index contributed by atoms with van der Waals surface area (Å²) >= 11 is 3.44. The fourth-order valence-electron chi connectivity index (χ4n) is 1.79. The molecule has 0 atom stereocenters. The summed E-state index contributed by atoms with van der Waals surface area (Å²) in [6.07, 6.45) is 4.56. The summed E-state index contributed by atoms with van der Waals surface area (Å²) in [5.74, 6) is 2.24. The van der Waals surface area contributed by atoms with Crippen LogP contribution in [0.3, 0.4) is 0 Å². The number of nitrogens with zero attached hydrogens (tertiary/aromatic N) is 4. The lowest BCUT2D eigenvalue weighted by Gasteiger charge is -2.08. The molecule has 5 heteroatoms. The van der Waals surface area contributed by atoms with Crippen molar-refractivity contribution in [1.29, 1.82) is 0 Å². The van der Waals surface area contributed by atoms with E-state index in [1.807, 2.05) is 18.5 Å². The van der Waals surface area contributed by atoms with Crippen LogP contribution >= 0.6 is 15.9 Å². The second kappa shape index (κ2) is 5.61. The maximum atomic E-state index is 4.59. The Balaban J connectivity index is 2.29. The Morgan fingerprint density at radius 1 is 1.33 bits per heavy atom. The van der Waals surface area contributed by atoms with Gasteiger partial charge in [-0.1, -0.05) is 13.8 Å². The highest BCUT2D eigenvalue weighted by Gasteiger charge is 2.09. The topological polar surface area (TPSA) is 43.6 Å². The number of aryl methyl sites for hydroxylation is 1. The van der Waals surface area contributed by atoms with Crippen LogP contribution in [-0.4, -0.2) is 19.5 Å². The number of hydrogen-bond acceptors (Lipinski definition) is 3. The largest absolute Gasteiger partial charge is 0.335 e. The molecule has 0 aliphatic heterocycles. The van der Waals surface area contributed by atoms with Gasteiger partial charge in [0, 0.05) is 31.3 Å². The highest BCUT2D eigenvalue weighted by atomic mass is 79.9. The molecule has 0 unspecified atom stereocenters. The maximum Gasteiger partial charge on any atom is 0.132 e. The zero-order chi connectivity index (χ0) is 13.1. The summed E-state index contributed by atoms with van der Waals surface area (Å²) in [7, 11) is 0. The lowest BCUT2D eigenvalue weighted by molar-refractivity contribution is 0.699. The predicted octanol–water partition coefficient (Wildman–Crippen LogP) is 3.17. The molecule has 0 bridgehead atoms. The molecule has 0 aliphatic carbocycles. The van der Waals surface area contributed by atoms with Crippen molar-refractivity contribution >= 4 is 15.9 Å². The molecule has 2 heterocycles. The highest BCUT2D eigenvalue weighted by molar-refractivity contribution is 9.10. The first-order valence-corrected chi connectivity index (χ1v) is 6.92. The number of hydrogen-bond donors (Lipinski definition) is 0. The number of aromatic nitrogens is 4. The minimum Gasteiger partial charge on any atom is -0.335 e. The predicted molar refractivity (Wildman–Crippen MR) is 74.5 cm³/mol. The van der Waals surface area contributed by atoms with Crippen LogP contribution in [0, 0.1) is 0 Å². The molecule has 2 aromatic rings. The van der Waals surface area contributed by atoms with Gasteiger partial charge in [0.25, 0.3) is 0 Å². The van der Waals surface area contributed by atoms with Gasteiger partial charge in [-0.25, -0.2) is 15.0 Å². The molecule has 0 saturated heterocycles. The molecule has 2 aromatic heterocycles. The molecular weight excluding hydrogens is 292 g/mol. The molecule has 2 rings (SSSR count). The van der Waals surface area contributed by atoms with Gasteiger partial charge in [0.15, 0.2) is 0 Å². The summed E-state index contributed by atoms with van der Waals surface area (Å²) in [5.41, 5.74) is 1.00. The molecule has 0 N–H and O–H groups in total. The van der Waals surface area contributed by atoms with E-state index in [1.54, 1.807) is 0 Å². The van der Waals surface area contributed by atoms with Crippen molar-refractivity contribution in [3.63, 3.8) is 0 Å². The van der Waals surface area contributed by atoms with Gasteiger partial charge in [-0.3, -0.25) is 0 Å². The van der Waals surface area contributed by atoms with Crippen LogP contribution in [0.2, 0.25) is 0 Å². The third kappa shape index (κ3) is 2.96. The molecule has 0 saturated carbocycles. The molecule has 18 heavy (non-hydrogen) atoms. The number of imidazole rings is 1. The average molecular weight is 309 g/mol. The van der Waals surface area contributed by atoms with Crippen molar-refractivity contribution in [2.45, 2.75) is 39.7 Å².